The summed E-state index contributed by atoms with van der Waals surface area (Å²) in [5.74, 6) is 0.177. The number of hydrogen-bond acceptors (Lipinski definition) is 3. The Morgan fingerprint density at radius 3 is 2.00 bits per heavy atom. The third kappa shape index (κ3) is 2.65. The summed E-state index contributed by atoms with van der Waals surface area (Å²) < 4.78 is 5.34. The lowest BCUT2D eigenvalue weighted by Crippen LogP contribution is -2.29. The van der Waals surface area contributed by atoms with Crippen LogP contribution in [-0.2, 0) is 6.54 Å². The topological polar surface area (TPSA) is 46.6 Å². The van der Waals surface area contributed by atoms with Crippen molar-refractivity contribution in [2.24, 2.45) is 0 Å². The molecule has 1 heterocycles. The van der Waals surface area contributed by atoms with Crippen LogP contribution in [0.4, 0.5) is 0 Å². The van der Waals surface area contributed by atoms with Gasteiger partial charge in [0, 0.05) is 0 Å². The van der Waals surface area contributed by atoms with E-state index in [9.17, 15) is 9.59 Å². The summed E-state index contributed by atoms with van der Waals surface area (Å²) in [6.07, 6.45) is 0. The van der Waals surface area contributed by atoms with Gasteiger partial charge in [-0.15, -0.1) is 0 Å². The number of carbonyl (C=O) groups is 2. The Labute approximate surface area is 151 Å². The molecule has 3 aromatic carbocycles. The van der Waals surface area contributed by atoms with Crippen molar-refractivity contribution in [3.8, 4) is 16.9 Å². The molecule has 4 heteroatoms. The van der Waals surface area contributed by atoms with Gasteiger partial charge in [-0.05, 0) is 41.0 Å². The summed E-state index contributed by atoms with van der Waals surface area (Å²) >= 11 is 0. The summed E-state index contributed by atoms with van der Waals surface area (Å²) in [4.78, 5) is 26.7. The second-order valence-corrected chi connectivity index (χ2v) is 6.13. The average Bonchev–Trinajstić information content (AvgIpc) is 2.94. The van der Waals surface area contributed by atoms with Crippen LogP contribution in [0, 0.1) is 0 Å². The Morgan fingerprint density at radius 1 is 0.769 bits per heavy atom. The number of amides is 2. The fraction of sp³-hybridized carbons (Fsp3) is 0.0909. The van der Waals surface area contributed by atoms with Crippen LogP contribution in [0.25, 0.3) is 11.1 Å². The van der Waals surface area contributed by atoms with Gasteiger partial charge < -0.3 is 4.74 Å². The van der Waals surface area contributed by atoms with Crippen molar-refractivity contribution in [1.82, 2.24) is 4.90 Å². The third-order valence-electron chi connectivity index (χ3n) is 4.60. The monoisotopic (exact) mass is 343 g/mol. The SMILES string of the molecule is COc1ccc(-c2ccccc2)c(CN2C(=O)c3ccccc3C2=O)c1. The lowest BCUT2D eigenvalue weighted by atomic mass is 9.99. The Kier molecular flexibility index (Phi) is 4.01. The summed E-state index contributed by atoms with van der Waals surface area (Å²) in [7, 11) is 1.60. The lowest BCUT2D eigenvalue weighted by Gasteiger charge is -2.18. The predicted molar refractivity (Wildman–Crippen MR) is 99.1 cm³/mol. The van der Waals surface area contributed by atoms with E-state index in [1.807, 2.05) is 48.5 Å². The van der Waals surface area contributed by atoms with E-state index in [-0.39, 0.29) is 18.4 Å². The van der Waals surface area contributed by atoms with Gasteiger partial charge in [0.2, 0.25) is 0 Å². The molecule has 0 bridgehead atoms. The molecule has 1 aliphatic heterocycles. The molecule has 0 aromatic heterocycles. The second kappa shape index (κ2) is 6.48. The summed E-state index contributed by atoms with van der Waals surface area (Å²) in [5, 5.41) is 0. The number of carbonyl (C=O) groups excluding carboxylic acids is 2. The first-order valence-electron chi connectivity index (χ1n) is 8.36. The molecule has 0 unspecified atom stereocenters. The summed E-state index contributed by atoms with van der Waals surface area (Å²) in [5.41, 5.74) is 3.79. The van der Waals surface area contributed by atoms with Crippen LogP contribution in [0.1, 0.15) is 26.3 Å². The van der Waals surface area contributed by atoms with E-state index >= 15 is 0 Å². The van der Waals surface area contributed by atoms with Crippen LogP contribution in [0.5, 0.6) is 5.75 Å². The molecule has 3 aromatic rings. The normalized spacial score (nSPS) is 13.0. The highest BCUT2D eigenvalue weighted by Gasteiger charge is 2.35. The number of methoxy groups -OCH3 is 1. The maximum Gasteiger partial charge on any atom is 0.261 e. The molecule has 0 radical (unpaired) electrons. The van der Waals surface area contributed by atoms with Crippen LogP contribution in [-0.4, -0.2) is 23.8 Å². The van der Waals surface area contributed by atoms with Crippen molar-refractivity contribution in [3.05, 3.63) is 89.5 Å². The van der Waals surface area contributed by atoms with Gasteiger partial charge in [-0.1, -0.05) is 48.5 Å². The molecule has 0 saturated heterocycles. The van der Waals surface area contributed by atoms with E-state index in [0.29, 0.717) is 16.9 Å². The number of hydrogen-bond donors (Lipinski definition) is 0. The molecule has 0 spiro atoms. The van der Waals surface area contributed by atoms with E-state index in [0.717, 1.165) is 16.7 Å². The van der Waals surface area contributed by atoms with Crippen LogP contribution in [0.3, 0.4) is 0 Å². The van der Waals surface area contributed by atoms with Crippen molar-refractivity contribution in [3.63, 3.8) is 0 Å². The molecular formula is C22H17NO3. The number of benzene rings is 3. The quantitative estimate of drug-likeness (QED) is 0.668. The standard InChI is InChI=1S/C22H17NO3/c1-26-17-11-12-18(15-7-3-2-4-8-15)16(13-17)14-23-21(24)19-9-5-6-10-20(19)22(23)25/h2-13H,14H2,1H3. The Morgan fingerprint density at radius 2 is 1.38 bits per heavy atom. The zero-order valence-corrected chi connectivity index (χ0v) is 14.3. The van der Waals surface area contributed by atoms with Gasteiger partial charge in [0.05, 0.1) is 24.8 Å². The molecule has 0 atom stereocenters. The van der Waals surface area contributed by atoms with E-state index in [4.69, 9.17) is 4.74 Å². The molecule has 1 aliphatic rings. The highest BCUT2D eigenvalue weighted by Crippen LogP contribution is 2.31. The van der Waals surface area contributed by atoms with E-state index in [1.165, 1.54) is 4.90 Å². The van der Waals surface area contributed by atoms with Gasteiger partial charge in [-0.25, -0.2) is 0 Å². The van der Waals surface area contributed by atoms with Gasteiger partial charge in [0.15, 0.2) is 0 Å². The largest absolute Gasteiger partial charge is 0.497 e. The number of fused-ring (bicyclic) bond motifs is 1. The van der Waals surface area contributed by atoms with E-state index in [1.54, 1.807) is 31.4 Å². The maximum atomic E-state index is 12.7. The number of rotatable bonds is 4. The minimum atomic E-state index is -0.257. The summed E-state index contributed by atoms with van der Waals surface area (Å²) in [6, 6.07) is 22.6. The Bertz CT molecular complexity index is 960. The van der Waals surface area contributed by atoms with Crippen molar-refractivity contribution >= 4 is 11.8 Å². The Balaban J connectivity index is 1.75. The first-order chi connectivity index (χ1) is 12.7. The number of imide groups is 1. The second-order valence-electron chi connectivity index (χ2n) is 6.13. The van der Waals surface area contributed by atoms with E-state index < -0.39 is 0 Å². The van der Waals surface area contributed by atoms with Gasteiger partial charge in [-0.3, -0.25) is 14.5 Å². The fourth-order valence-corrected chi connectivity index (χ4v) is 3.28. The van der Waals surface area contributed by atoms with Crippen molar-refractivity contribution in [2.45, 2.75) is 6.54 Å². The van der Waals surface area contributed by atoms with Crippen molar-refractivity contribution in [1.29, 1.82) is 0 Å². The van der Waals surface area contributed by atoms with Gasteiger partial charge in [0.25, 0.3) is 11.8 Å². The molecule has 0 saturated carbocycles. The molecule has 0 aliphatic carbocycles. The van der Waals surface area contributed by atoms with Crippen LogP contribution >= 0.6 is 0 Å². The van der Waals surface area contributed by atoms with Crippen LogP contribution in [0.2, 0.25) is 0 Å². The highest BCUT2D eigenvalue weighted by molar-refractivity contribution is 6.21. The smallest absolute Gasteiger partial charge is 0.261 e. The van der Waals surface area contributed by atoms with Gasteiger partial charge >= 0.3 is 0 Å². The molecule has 128 valence electrons. The van der Waals surface area contributed by atoms with Gasteiger partial charge in [-0.2, -0.15) is 0 Å². The van der Waals surface area contributed by atoms with Crippen molar-refractivity contribution < 1.29 is 14.3 Å². The third-order valence-corrected chi connectivity index (χ3v) is 4.60. The molecule has 0 N–H and O–H groups in total. The lowest BCUT2D eigenvalue weighted by molar-refractivity contribution is 0.0642. The van der Waals surface area contributed by atoms with Crippen LogP contribution in [0.15, 0.2) is 72.8 Å². The minimum absolute atomic E-state index is 0.202. The zero-order chi connectivity index (χ0) is 18.1. The predicted octanol–water partition coefficient (Wildman–Crippen LogP) is 4.16. The van der Waals surface area contributed by atoms with Crippen LogP contribution < -0.4 is 4.74 Å². The first kappa shape index (κ1) is 16.1. The zero-order valence-electron chi connectivity index (χ0n) is 14.3. The van der Waals surface area contributed by atoms with Crippen molar-refractivity contribution in [2.75, 3.05) is 7.11 Å². The van der Waals surface area contributed by atoms with E-state index in [2.05, 4.69) is 0 Å². The average molecular weight is 343 g/mol. The molecule has 2 amide bonds. The summed E-state index contributed by atoms with van der Waals surface area (Å²) in [6.45, 7) is 0.202. The first-order valence-corrected chi connectivity index (χ1v) is 8.36. The number of nitrogens with zero attached hydrogens (tertiary/aromatic N) is 1. The minimum Gasteiger partial charge on any atom is -0.497 e. The molecule has 4 nitrogen and oxygen atoms in total. The molecule has 4 rings (SSSR count). The fourth-order valence-electron chi connectivity index (χ4n) is 3.28. The molecule has 0 fully saturated rings. The Hall–Kier alpha value is -3.40. The van der Waals surface area contributed by atoms with Gasteiger partial charge in [0.1, 0.15) is 5.75 Å². The highest BCUT2D eigenvalue weighted by atomic mass is 16.5. The number of ether oxygens (including phenoxy) is 1. The maximum absolute atomic E-state index is 12.7. The molecule has 26 heavy (non-hydrogen) atoms. The molecular weight excluding hydrogens is 326 g/mol.